The zero-order valence-corrected chi connectivity index (χ0v) is 11.7. The Labute approximate surface area is 111 Å². The quantitative estimate of drug-likeness (QED) is 0.825. The minimum Gasteiger partial charge on any atom is -0.316 e. The number of alkyl halides is 3. The standard InChI is InChI=1S/C11H13BrF3NS/c1-6-5-16-3-2-7-9(6)10(12)8(17-7)4-11(13,14)15/h6,16H,2-5H2,1H3. The lowest BCUT2D eigenvalue weighted by Crippen LogP contribution is -2.19. The van der Waals surface area contributed by atoms with E-state index in [2.05, 4.69) is 21.2 Å². The summed E-state index contributed by atoms with van der Waals surface area (Å²) in [5.74, 6) is 0.264. The van der Waals surface area contributed by atoms with E-state index in [4.69, 9.17) is 0 Å². The predicted molar refractivity (Wildman–Crippen MR) is 66.8 cm³/mol. The highest BCUT2D eigenvalue weighted by Gasteiger charge is 2.32. The van der Waals surface area contributed by atoms with Crippen LogP contribution in [-0.4, -0.2) is 19.3 Å². The first-order valence-electron chi connectivity index (χ1n) is 5.46. The number of nitrogens with one attached hydrogen (secondary N) is 1. The van der Waals surface area contributed by atoms with Gasteiger partial charge in [0.1, 0.15) is 0 Å². The lowest BCUT2D eigenvalue weighted by Gasteiger charge is -2.10. The topological polar surface area (TPSA) is 12.0 Å². The molecule has 0 radical (unpaired) electrons. The van der Waals surface area contributed by atoms with Crippen LogP contribution in [0.25, 0.3) is 0 Å². The summed E-state index contributed by atoms with van der Waals surface area (Å²) in [6.45, 7) is 3.72. The predicted octanol–water partition coefficient (Wildman–Crippen LogP) is 3.86. The van der Waals surface area contributed by atoms with Crippen LogP contribution >= 0.6 is 27.3 Å². The number of hydrogen-bond donors (Lipinski definition) is 1. The first kappa shape index (κ1) is 13.4. The molecule has 1 nitrogen and oxygen atoms in total. The molecule has 6 heteroatoms. The Morgan fingerprint density at radius 2 is 2.18 bits per heavy atom. The summed E-state index contributed by atoms with van der Waals surface area (Å²) in [5.41, 5.74) is 1.07. The molecule has 0 fully saturated rings. The van der Waals surface area contributed by atoms with E-state index in [1.54, 1.807) is 0 Å². The van der Waals surface area contributed by atoms with Crippen molar-refractivity contribution < 1.29 is 13.2 Å². The highest BCUT2D eigenvalue weighted by molar-refractivity contribution is 9.10. The van der Waals surface area contributed by atoms with Gasteiger partial charge in [0, 0.05) is 20.8 Å². The third kappa shape index (κ3) is 3.03. The molecular weight excluding hydrogens is 315 g/mol. The number of rotatable bonds is 1. The molecule has 2 heterocycles. The monoisotopic (exact) mass is 327 g/mol. The van der Waals surface area contributed by atoms with Gasteiger partial charge < -0.3 is 5.32 Å². The molecule has 1 aromatic rings. The summed E-state index contributed by atoms with van der Waals surface area (Å²) >= 11 is 4.65. The molecule has 0 saturated carbocycles. The van der Waals surface area contributed by atoms with E-state index < -0.39 is 12.6 Å². The van der Waals surface area contributed by atoms with E-state index in [9.17, 15) is 13.2 Å². The van der Waals surface area contributed by atoms with Crippen LogP contribution in [0, 0.1) is 0 Å². The molecule has 0 aliphatic carbocycles. The zero-order chi connectivity index (χ0) is 12.6. The van der Waals surface area contributed by atoms with Crippen molar-refractivity contribution in [1.29, 1.82) is 0 Å². The van der Waals surface area contributed by atoms with Gasteiger partial charge in [0.25, 0.3) is 0 Å². The van der Waals surface area contributed by atoms with E-state index in [-0.39, 0.29) is 5.92 Å². The largest absolute Gasteiger partial charge is 0.393 e. The molecular formula is C11H13BrF3NS. The van der Waals surface area contributed by atoms with E-state index in [1.807, 2.05) is 6.92 Å². The van der Waals surface area contributed by atoms with Crippen molar-refractivity contribution in [2.75, 3.05) is 13.1 Å². The van der Waals surface area contributed by atoms with Gasteiger partial charge in [-0.05, 0) is 40.4 Å². The second-order valence-corrected chi connectivity index (χ2v) is 6.31. The van der Waals surface area contributed by atoms with Crippen LogP contribution < -0.4 is 5.32 Å². The number of hydrogen-bond acceptors (Lipinski definition) is 2. The average Bonchev–Trinajstić information content (AvgIpc) is 2.38. The van der Waals surface area contributed by atoms with Crippen LogP contribution in [0.5, 0.6) is 0 Å². The summed E-state index contributed by atoms with van der Waals surface area (Å²) < 4.78 is 38.0. The average molecular weight is 328 g/mol. The van der Waals surface area contributed by atoms with Crippen molar-refractivity contribution in [1.82, 2.24) is 5.32 Å². The Morgan fingerprint density at radius 1 is 1.47 bits per heavy atom. The van der Waals surface area contributed by atoms with Crippen molar-refractivity contribution >= 4 is 27.3 Å². The van der Waals surface area contributed by atoms with Crippen LogP contribution in [0.15, 0.2) is 4.47 Å². The summed E-state index contributed by atoms with van der Waals surface area (Å²) in [5, 5.41) is 3.29. The van der Waals surface area contributed by atoms with Gasteiger partial charge in [0.15, 0.2) is 0 Å². The first-order valence-corrected chi connectivity index (χ1v) is 7.07. The van der Waals surface area contributed by atoms with Gasteiger partial charge in [-0.25, -0.2) is 0 Å². The third-order valence-electron chi connectivity index (χ3n) is 2.86. The molecule has 2 rings (SSSR count). The molecule has 1 atom stereocenters. The SMILES string of the molecule is CC1CNCCc2sc(CC(F)(F)F)c(Br)c21. The highest BCUT2D eigenvalue weighted by atomic mass is 79.9. The number of halogens is 4. The fourth-order valence-corrected chi connectivity index (χ4v) is 4.61. The summed E-state index contributed by atoms with van der Waals surface area (Å²) in [7, 11) is 0. The smallest absolute Gasteiger partial charge is 0.316 e. The summed E-state index contributed by atoms with van der Waals surface area (Å²) in [6.07, 6.45) is -4.14. The molecule has 0 aromatic carbocycles. The normalized spacial score (nSPS) is 21.1. The van der Waals surface area contributed by atoms with Gasteiger partial charge in [-0.1, -0.05) is 6.92 Å². The maximum atomic E-state index is 12.4. The zero-order valence-electron chi connectivity index (χ0n) is 9.33. The van der Waals surface area contributed by atoms with Crippen molar-refractivity contribution in [3.8, 4) is 0 Å². The fraction of sp³-hybridized carbons (Fsp3) is 0.636. The first-order chi connectivity index (χ1) is 7.88. The van der Waals surface area contributed by atoms with Crippen molar-refractivity contribution in [2.45, 2.75) is 31.9 Å². The molecule has 0 amide bonds. The minimum absolute atomic E-state index is 0.264. The van der Waals surface area contributed by atoms with Crippen LogP contribution in [0.3, 0.4) is 0 Å². The molecule has 17 heavy (non-hydrogen) atoms. The maximum Gasteiger partial charge on any atom is 0.393 e. The van der Waals surface area contributed by atoms with Crippen molar-refractivity contribution in [3.05, 3.63) is 19.8 Å². The minimum atomic E-state index is -4.13. The van der Waals surface area contributed by atoms with E-state index >= 15 is 0 Å². The number of thiophene rings is 1. The maximum absolute atomic E-state index is 12.4. The van der Waals surface area contributed by atoms with Gasteiger partial charge in [-0.2, -0.15) is 13.2 Å². The van der Waals surface area contributed by atoms with Gasteiger partial charge >= 0.3 is 6.18 Å². The van der Waals surface area contributed by atoms with Crippen molar-refractivity contribution in [3.63, 3.8) is 0 Å². The van der Waals surface area contributed by atoms with Gasteiger partial charge in [-0.15, -0.1) is 11.3 Å². The van der Waals surface area contributed by atoms with Crippen LogP contribution in [-0.2, 0) is 12.8 Å². The molecule has 1 aliphatic heterocycles. The second-order valence-electron chi connectivity index (χ2n) is 4.32. The van der Waals surface area contributed by atoms with Gasteiger partial charge in [0.2, 0.25) is 0 Å². The van der Waals surface area contributed by atoms with Crippen LogP contribution in [0.1, 0.15) is 28.2 Å². The Hall–Kier alpha value is -0.0700. The molecule has 0 saturated heterocycles. The van der Waals surface area contributed by atoms with E-state index in [0.717, 1.165) is 30.0 Å². The van der Waals surface area contributed by atoms with Crippen LogP contribution in [0.2, 0.25) is 0 Å². The molecule has 1 aromatic heterocycles. The highest BCUT2D eigenvalue weighted by Crippen LogP contribution is 2.41. The van der Waals surface area contributed by atoms with Crippen molar-refractivity contribution in [2.24, 2.45) is 0 Å². The fourth-order valence-electron chi connectivity index (χ4n) is 2.12. The lowest BCUT2D eigenvalue weighted by atomic mass is 10.0. The van der Waals surface area contributed by atoms with Crippen LogP contribution in [0.4, 0.5) is 13.2 Å². The summed E-state index contributed by atoms with van der Waals surface area (Å²) in [6, 6.07) is 0. The third-order valence-corrected chi connectivity index (χ3v) is 5.29. The Bertz CT molecular complexity index is 414. The Balaban J connectivity index is 2.35. The van der Waals surface area contributed by atoms with Gasteiger partial charge in [-0.3, -0.25) is 0 Å². The van der Waals surface area contributed by atoms with Gasteiger partial charge in [0.05, 0.1) is 6.42 Å². The second kappa shape index (κ2) is 4.90. The molecule has 1 aliphatic rings. The molecule has 0 spiro atoms. The Morgan fingerprint density at radius 3 is 2.82 bits per heavy atom. The number of fused-ring (bicyclic) bond motifs is 1. The molecule has 1 unspecified atom stereocenters. The molecule has 0 bridgehead atoms. The Kier molecular flexibility index (Phi) is 3.85. The summed E-state index contributed by atoms with van der Waals surface area (Å²) in [4.78, 5) is 1.50. The lowest BCUT2D eigenvalue weighted by molar-refractivity contribution is -0.126. The molecule has 1 N–H and O–H groups in total. The van der Waals surface area contributed by atoms with E-state index in [1.165, 1.54) is 11.3 Å². The molecule has 96 valence electrons. The van der Waals surface area contributed by atoms with E-state index in [0.29, 0.717) is 9.35 Å².